The van der Waals surface area contributed by atoms with E-state index in [0.29, 0.717) is 17.0 Å². The van der Waals surface area contributed by atoms with Gasteiger partial charge in [-0.25, -0.2) is 4.39 Å². The number of ketones is 1. The first-order valence-corrected chi connectivity index (χ1v) is 6.11. The molecule has 2 aromatic carbocycles. The van der Waals surface area contributed by atoms with Crippen molar-refractivity contribution in [2.24, 2.45) is 0 Å². The van der Waals surface area contributed by atoms with Gasteiger partial charge in [-0.15, -0.1) is 0 Å². The molecule has 0 N–H and O–H groups in total. The van der Waals surface area contributed by atoms with Crippen LogP contribution in [0.2, 0.25) is 5.02 Å². The Morgan fingerprint density at radius 2 is 2.00 bits per heavy atom. The second kappa shape index (κ2) is 4.21. The Labute approximate surface area is 109 Å². The first kappa shape index (κ1) is 11.4. The highest BCUT2D eigenvalue weighted by Crippen LogP contribution is 2.39. The third-order valence-electron chi connectivity index (χ3n) is 3.33. The molecule has 0 unspecified atom stereocenters. The van der Waals surface area contributed by atoms with Gasteiger partial charge in [-0.05, 0) is 41.5 Å². The molecular weight excluding hydrogens is 251 g/mol. The number of carbonyl (C=O) groups is 1. The molecule has 18 heavy (non-hydrogen) atoms. The minimum atomic E-state index is -0.282. The van der Waals surface area contributed by atoms with Crippen LogP contribution in [0.3, 0.4) is 0 Å². The van der Waals surface area contributed by atoms with E-state index >= 15 is 0 Å². The van der Waals surface area contributed by atoms with Gasteiger partial charge in [0, 0.05) is 22.9 Å². The Balaban J connectivity index is 2.12. The van der Waals surface area contributed by atoms with Crippen molar-refractivity contribution < 1.29 is 9.18 Å². The van der Waals surface area contributed by atoms with E-state index in [2.05, 4.69) is 0 Å². The second-order valence-corrected chi connectivity index (χ2v) is 4.90. The lowest BCUT2D eigenvalue weighted by Crippen LogP contribution is -1.97. The molecule has 0 amide bonds. The van der Waals surface area contributed by atoms with Crippen LogP contribution >= 0.6 is 11.6 Å². The number of carbonyl (C=O) groups excluding carboxylic acids is 1. The zero-order valence-electron chi connectivity index (χ0n) is 9.49. The van der Waals surface area contributed by atoms with Gasteiger partial charge >= 0.3 is 0 Å². The van der Waals surface area contributed by atoms with Gasteiger partial charge in [-0.3, -0.25) is 4.79 Å². The number of halogens is 2. The zero-order valence-corrected chi connectivity index (χ0v) is 10.2. The molecule has 0 spiro atoms. The van der Waals surface area contributed by atoms with Crippen molar-refractivity contribution in [1.29, 1.82) is 0 Å². The van der Waals surface area contributed by atoms with Crippen LogP contribution in [0.25, 0.3) is 0 Å². The Hall–Kier alpha value is -1.67. The molecule has 0 aliphatic heterocycles. The summed E-state index contributed by atoms with van der Waals surface area (Å²) < 4.78 is 13.3. The summed E-state index contributed by atoms with van der Waals surface area (Å²) in [5.41, 5.74) is 2.43. The lowest BCUT2D eigenvalue weighted by Gasteiger charge is -2.11. The van der Waals surface area contributed by atoms with Crippen molar-refractivity contribution in [2.75, 3.05) is 0 Å². The van der Waals surface area contributed by atoms with E-state index in [1.165, 1.54) is 12.1 Å². The number of benzene rings is 2. The van der Waals surface area contributed by atoms with Gasteiger partial charge in [0.1, 0.15) is 5.82 Å². The largest absolute Gasteiger partial charge is 0.294 e. The van der Waals surface area contributed by atoms with Crippen LogP contribution in [0.15, 0.2) is 42.5 Å². The summed E-state index contributed by atoms with van der Waals surface area (Å²) in [5.74, 6) is -0.270. The highest BCUT2D eigenvalue weighted by molar-refractivity contribution is 6.30. The molecule has 0 bridgehead atoms. The average Bonchev–Trinajstić information content (AvgIpc) is 2.66. The van der Waals surface area contributed by atoms with Gasteiger partial charge in [0.05, 0.1) is 0 Å². The molecule has 1 nitrogen and oxygen atoms in total. The summed E-state index contributed by atoms with van der Waals surface area (Å²) in [6.45, 7) is 0. The molecule has 3 heteroatoms. The number of rotatable bonds is 1. The van der Waals surface area contributed by atoms with E-state index in [4.69, 9.17) is 11.6 Å². The van der Waals surface area contributed by atoms with Gasteiger partial charge in [0.15, 0.2) is 5.78 Å². The number of Topliss-reactive ketones (excluding diaryl/α,β-unsaturated/α-hetero) is 1. The monoisotopic (exact) mass is 260 g/mol. The first-order valence-electron chi connectivity index (χ1n) is 5.73. The maximum Gasteiger partial charge on any atom is 0.164 e. The molecule has 0 radical (unpaired) electrons. The van der Waals surface area contributed by atoms with Crippen LogP contribution in [0, 0.1) is 5.82 Å². The fraction of sp³-hybridized carbons (Fsp3) is 0.133. The van der Waals surface area contributed by atoms with Crippen molar-refractivity contribution in [3.05, 3.63) is 70.0 Å². The van der Waals surface area contributed by atoms with Crippen LogP contribution in [-0.4, -0.2) is 5.78 Å². The molecule has 2 aromatic rings. The van der Waals surface area contributed by atoms with Gasteiger partial charge in [0.2, 0.25) is 0 Å². The molecule has 3 rings (SSSR count). The highest BCUT2D eigenvalue weighted by atomic mass is 35.5. The minimum Gasteiger partial charge on any atom is -0.294 e. The van der Waals surface area contributed by atoms with E-state index in [9.17, 15) is 9.18 Å². The third kappa shape index (κ3) is 1.83. The Kier molecular flexibility index (Phi) is 2.67. The van der Waals surface area contributed by atoms with E-state index in [-0.39, 0.29) is 17.5 Å². The van der Waals surface area contributed by atoms with Crippen LogP contribution < -0.4 is 0 Å². The summed E-state index contributed by atoms with van der Waals surface area (Å²) >= 11 is 5.97. The SMILES string of the molecule is O=C1C[C@@H](c2cccc(F)c2)c2cc(Cl)ccc21. The summed E-state index contributed by atoms with van der Waals surface area (Å²) in [4.78, 5) is 11.9. The Morgan fingerprint density at radius 1 is 1.17 bits per heavy atom. The molecule has 1 aliphatic rings. The van der Waals surface area contributed by atoms with Gasteiger partial charge in [-0.1, -0.05) is 23.7 Å². The average molecular weight is 261 g/mol. The lowest BCUT2D eigenvalue weighted by molar-refractivity contribution is 0.0991. The van der Waals surface area contributed by atoms with Crippen LogP contribution in [-0.2, 0) is 0 Å². The predicted octanol–water partition coefficient (Wildman–Crippen LogP) is 4.20. The fourth-order valence-electron chi connectivity index (χ4n) is 2.50. The van der Waals surface area contributed by atoms with E-state index in [0.717, 1.165) is 11.1 Å². The summed E-state index contributed by atoms with van der Waals surface area (Å²) in [5, 5.41) is 0.602. The summed E-state index contributed by atoms with van der Waals surface area (Å²) in [6.07, 6.45) is 0.388. The highest BCUT2D eigenvalue weighted by Gasteiger charge is 2.30. The summed E-state index contributed by atoms with van der Waals surface area (Å²) in [7, 11) is 0. The lowest BCUT2D eigenvalue weighted by atomic mass is 9.93. The maximum atomic E-state index is 13.3. The molecule has 1 aliphatic carbocycles. The molecule has 0 saturated heterocycles. The smallest absolute Gasteiger partial charge is 0.164 e. The number of fused-ring (bicyclic) bond motifs is 1. The van der Waals surface area contributed by atoms with Gasteiger partial charge in [0.25, 0.3) is 0 Å². The molecule has 0 heterocycles. The molecule has 90 valence electrons. The fourth-order valence-corrected chi connectivity index (χ4v) is 2.68. The standard InChI is InChI=1S/C15H10ClFO/c16-10-4-5-12-14(7-10)13(8-15(12)18)9-2-1-3-11(17)6-9/h1-7,13H,8H2/t13-/m0/s1. The van der Waals surface area contributed by atoms with E-state index in [1.807, 2.05) is 6.07 Å². The van der Waals surface area contributed by atoms with Gasteiger partial charge < -0.3 is 0 Å². The molecule has 0 saturated carbocycles. The van der Waals surface area contributed by atoms with Crippen molar-refractivity contribution in [3.8, 4) is 0 Å². The molecule has 0 fully saturated rings. The van der Waals surface area contributed by atoms with Crippen molar-refractivity contribution in [3.63, 3.8) is 0 Å². The quantitative estimate of drug-likeness (QED) is 0.751. The van der Waals surface area contributed by atoms with Crippen LogP contribution in [0.4, 0.5) is 4.39 Å². The Bertz CT molecular complexity index is 636. The van der Waals surface area contributed by atoms with E-state index in [1.54, 1.807) is 24.3 Å². The third-order valence-corrected chi connectivity index (χ3v) is 3.57. The van der Waals surface area contributed by atoms with Crippen molar-refractivity contribution in [1.82, 2.24) is 0 Å². The predicted molar refractivity (Wildman–Crippen MR) is 68.6 cm³/mol. The first-order chi connectivity index (χ1) is 8.65. The van der Waals surface area contributed by atoms with Gasteiger partial charge in [-0.2, -0.15) is 0 Å². The molecule has 1 atom stereocenters. The summed E-state index contributed by atoms with van der Waals surface area (Å²) in [6, 6.07) is 11.7. The minimum absolute atomic E-state index is 0.0816. The van der Waals surface area contributed by atoms with Crippen LogP contribution in [0.5, 0.6) is 0 Å². The van der Waals surface area contributed by atoms with Crippen molar-refractivity contribution in [2.45, 2.75) is 12.3 Å². The topological polar surface area (TPSA) is 17.1 Å². The maximum absolute atomic E-state index is 13.3. The molecule has 0 aromatic heterocycles. The number of hydrogen-bond donors (Lipinski definition) is 0. The second-order valence-electron chi connectivity index (χ2n) is 4.47. The van der Waals surface area contributed by atoms with Crippen LogP contribution in [0.1, 0.15) is 33.8 Å². The van der Waals surface area contributed by atoms with E-state index < -0.39 is 0 Å². The number of hydrogen-bond acceptors (Lipinski definition) is 1. The zero-order chi connectivity index (χ0) is 12.7. The Morgan fingerprint density at radius 3 is 2.78 bits per heavy atom. The molecular formula is C15H10ClFO. The van der Waals surface area contributed by atoms with Crippen molar-refractivity contribution >= 4 is 17.4 Å². The normalized spacial score (nSPS) is 17.9.